The van der Waals surface area contributed by atoms with Gasteiger partial charge in [-0.1, -0.05) is 26.7 Å². The molecule has 0 bridgehead atoms. The van der Waals surface area contributed by atoms with E-state index in [0.29, 0.717) is 12.5 Å². The smallest absolute Gasteiger partial charge is 0.191 e. The zero-order valence-electron chi connectivity index (χ0n) is 13.4. The van der Waals surface area contributed by atoms with E-state index in [4.69, 9.17) is 0 Å². The Labute approximate surface area is 122 Å². The third kappa shape index (κ3) is 4.83. The second-order valence-electron chi connectivity index (χ2n) is 4.98. The average Bonchev–Trinajstić information content (AvgIpc) is 2.77. The Morgan fingerprint density at radius 3 is 2.40 bits per heavy atom. The maximum Gasteiger partial charge on any atom is 0.191 e. The first-order chi connectivity index (χ1) is 9.62. The summed E-state index contributed by atoms with van der Waals surface area (Å²) < 4.78 is 1.97. The van der Waals surface area contributed by atoms with Gasteiger partial charge in [-0.25, -0.2) is 4.99 Å². The predicted molar refractivity (Wildman–Crippen MR) is 82.6 cm³/mol. The lowest BCUT2D eigenvalue weighted by Gasteiger charge is -2.16. The lowest BCUT2D eigenvalue weighted by molar-refractivity contribution is 0.481. The van der Waals surface area contributed by atoms with Crippen LogP contribution in [0.5, 0.6) is 0 Å². The molecule has 0 radical (unpaired) electrons. The summed E-state index contributed by atoms with van der Waals surface area (Å²) in [6.45, 7) is 10.8. The maximum absolute atomic E-state index is 4.57. The first kappa shape index (κ1) is 16.5. The topological polar surface area (TPSA) is 67.1 Å². The maximum atomic E-state index is 4.57. The van der Waals surface area contributed by atoms with Crippen LogP contribution in [0.3, 0.4) is 0 Å². The van der Waals surface area contributed by atoms with Crippen molar-refractivity contribution in [2.75, 3.05) is 13.1 Å². The van der Waals surface area contributed by atoms with E-state index < -0.39 is 0 Å². The van der Waals surface area contributed by atoms with Crippen LogP contribution in [0.2, 0.25) is 0 Å². The minimum absolute atomic E-state index is 0.537. The molecular weight excluding hydrogens is 252 g/mol. The predicted octanol–water partition coefficient (Wildman–Crippen LogP) is 1.61. The van der Waals surface area contributed by atoms with E-state index in [-0.39, 0.29) is 0 Å². The first-order valence-corrected chi connectivity index (χ1v) is 7.49. The van der Waals surface area contributed by atoms with Crippen molar-refractivity contribution in [3.63, 3.8) is 0 Å². The van der Waals surface area contributed by atoms with Crippen molar-refractivity contribution in [2.24, 2.45) is 18.0 Å². The molecule has 0 aromatic carbocycles. The number of nitrogens with zero attached hydrogens (tertiary/aromatic N) is 4. The number of aliphatic imine (C=N–C) groups is 1. The Hall–Kier alpha value is -1.59. The Bertz CT molecular complexity index is 419. The number of nitrogens with one attached hydrogen (secondary N) is 2. The summed E-state index contributed by atoms with van der Waals surface area (Å²) in [6.07, 6.45) is 2.37. The Morgan fingerprint density at radius 1 is 1.20 bits per heavy atom. The number of hydrogen-bond acceptors (Lipinski definition) is 3. The van der Waals surface area contributed by atoms with Crippen LogP contribution in [0.4, 0.5) is 0 Å². The molecule has 20 heavy (non-hydrogen) atoms. The number of aryl methyl sites for hydroxylation is 1. The van der Waals surface area contributed by atoms with Crippen molar-refractivity contribution in [3.8, 4) is 0 Å². The zero-order valence-corrected chi connectivity index (χ0v) is 13.4. The average molecular weight is 280 g/mol. The molecule has 0 aliphatic rings. The molecule has 2 N–H and O–H groups in total. The molecule has 0 saturated heterocycles. The molecule has 1 heterocycles. The fourth-order valence-electron chi connectivity index (χ4n) is 1.90. The third-order valence-electron chi connectivity index (χ3n) is 3.62. The molecular formula is C14H28N6. The minimum Gasteiger partial charge on any atom is -0.357 e. The van der Waals surface area contributed by atoms with Crippen LogP contribution in [0, 0.1) is 12.8 Å². The van der Waals surface area contributed by atoms with Gasteiger partial charge in [0.15, 0.2) is 11.8 Å². The van der Waals surface area contributed by atoms with Gasteiger partial charge >= 0.3 is 0 Å². The molecule has 0 amide bonds. The van der Waals surface area contributed by atoms with Crippen LogP contribution in [-0.4, -0.2) is 33.8 Å². The molecule has 0 aliphatic heterocycles. The summed E-state index contributed by atoms with van der Waals surface area (Å²) in [6, 6.07) is 0. The summed E-state index contributed by atoms with van der Waals surface area (Å²) in [5, 5.41) is 14.8. The number of rotatable bonds is 7. The summed E-state index contributed by atoms with van der Waals surface area (Å²) in [5.41, 5.74) is 0. The van der Waals surface area contributed by atoms with Gasteiger partial charge in [-0.2, -0.15) is 0 Å². The van der Waals surface area contributed by atoms with Gasteiger partial charge in [0.05, 0.1) is 0 Å². The first-order valence-electron chi connectivity index (χ1n) is 7.49. The molecule has 0 atom stereocenters. The highest BCUT2D eigenvalue weighted by atomic mass is 15.3. The van der Waals surface area contributed by atoms with Crippen LogP contribution in [0.15, 0.2) is 4.99 Å². The minimum atomic E-state index is 0.537. The molecule has 0 fully saturated rings. The molecule has 0 aliphatic carbocycles. The van der Waals surface area contributed by atoms with E-state index in [2.05, 4.69) is 46.6 Å². The summed E-state index contributed by atoms with van der Waals surface area (Å²) in [5.74, 6) is 3.32. The van der Waals surface area contributed by atoms with Gasteiger partial charge in [0.2, 0.25) is 0 Å². The fraction of sp³-hybridized carbons (Fsp3) is 0.786. The summed E-state index contributed by atoms with van der Waals surface area (Å²) >= 11 is 0. The van der Waals surface area contributed by atoms with Gasteiger partial charge in [-0.05, 0) is 19.8 Å². The van der Waals surface area contributed by atoms with Crippen LogP contribution in [0.1, 0.15) is 45.3 Å². The van der Waals surface area contributed by atoms with Gasteiger partial charge in [0.1, 0.15) is 12.4 Å². The van der Waals surface area contributed by atoms with Crippen molar-refractivity contribution >= 4 is 5.96 Å². The van der Waals surface area contributed by atoms with E-state index in [1.165, 1.54) is 12.8 Å². The zero-order chi connectivity index (χ0) is 15.0. The Kier molecular flexibility index (Phi) is 7.04. The van der Waals surface area contributed by atoms with Crippen LogP contribution in [0.25, 0.3) is 0 Å². The largest absolute Gasteiger partial charge is 0.357 e. The number of hydrogen-bond donors (Lipinski definition) is 2. The van der Waals surface area contributed by atoms with Crippen molar-refractivity contribution in [3.05, 3.63) is 11.6 Å². The van der Waals surface area contributed by atoms with E-state index in [1.54, 1.807) is 0 Å². The van der Waals surface area contributed by atoms with E-state index in [0.717, 1.165) is 30.7 Å². The second kappa shape index (κ2) is 8.55. The van der Waals surface area contributed by atoms with E-state index in [1.807, 2.05) is 18.5 Å². The molecule has 6 heteroatoms. The normalized spacial score (nSPS) is 12.0. The van der Waals surface area contributed by atoms with Gasteiger partial charge in [-0.3, -0.25) is 0 Å². The molecule has 0 spiro atoms. The van der Waals surface area contributed by atoms with Crippen molar-refractivity contribution in [1.29, 1.82) is 0 Å². The van der Waals surface area contributed by atoms with Crippen LogP contribution < -0.4 is 10.6 Å². The van der Waals surface area contributed by atoms with Crippen molar-refractivity contribution < 1.29 is 0 Å². The standard InChI is InChI=1S/C14H28N6/c1-6-12(7-2)9-16-14(15-8-3)17-10-13-19-18-11(4)20(13)5/h12H,6-10H2,1-5H3,(H2,15,16,17). The van der Waals surface area contributed by atoms with E-state index >= 15 is 0 Å². The summed E-state index contributed by atoms with van der Waals surface area (Å²) in [7, 11) is 1.96. The molecule has 0 saturated carbocycles. The van der Waals surface area contributed by atoms with Gasteiger partial charge < -0.3 is 15.2 Å². The number of aromatic nitrogens is 3. The Morgan fingerprint density at radius 2 is 1.90 bits per heavy atom. The molecule has 6 nitrogen and oxygen atoms in total. The molecule has 1 rings (SSSR count). The molecule has 114 valence electrons. The highest BCUT2D eigenvalue weighted by Crippen LogP contribution is 2.05. The van der Waals surface area contributed by atoms with E-state index in [9.17, 15) is 0 Å². The van der Waals surface area contributed by atoms with Gasteiger partial charge in [0.25, 0.3) is 0 Å². The lowest BCUT2D eigenvalue weighted by atomic mass is 10.0. The molecule has 1 aromatic rings. The fourth-order valence-corrected chi connectivity index (χ4v) is 1.90. The van der Waals surface area contributed by atoms with Gasteiger partial charge in [-0.15, -0.1) is 10.2 Å². The van der Waals surface area contributed by atoms with Crippen molar-refractivity contribution in [2.45, 2.75) is 47.1 Å². The van der Waals surface area contributed by atoms with Crippen LogP contribution >= 0.6 is 0 Å². The second-order valence-corrected chi connectivity index (χ2v) is 4.98. The lowest BCUT2D eigenvalue weighted by Crippen LogP contribution is -2.39. The molecule has 0 unspecified atom stereocenters. The van der Waals surface area contributed by atoms with Gasteiger partial charge in [0, 0.05) is 20.1 Å². The van der Waals surface area contributed by atoms with Crippen LogP contribution in [-0.2, 0) is 13.6 Å². The Balaban J connectivity index is 2.60. The SMILES string of the molecule is CCNC(=NCc1nnc(C)n1C)NCC(CC)CC. The third-order valence-corrected chi connectivity index (χ3v) is 3.62. The quantitative estimate of drug-likeness (QED) is 0.588. The summed E-state index contributed by atoms with van der Waals surface area (Å²) in [4.78, 5) is 4.57. The monoisotopic (exact) mass is 280 g/mol. The highest BCUT2D eigenvalue weighted by Gasteiger charge is 2.07. The van der Waals surface area contributed by atoms with Crippen molar-refractivity contribution in [1.82, 2.24) is 25.4 Å². The number of guanidine groups is 1. The highest BCUT2D eigenvalue weighted by molar-refractivity contribution is 5.79. The molecule has 1 aromatic heterocycles.